The maximum Gasteiger partial charge on any atom is 0.151 e. The van der Waals surface area contributed by atoms with Gasteiger partial charge in [-0.3, -0.25) is 4.68 Å². The van der Waals surface area contributed by atoms with Crippen molar-refractivity contribution in [2.45, 2.75) is 26.4 Å². The molecule has 0 fully saturated rings. The molecule has 96 valence electrons. The highest BCUT2D eigenvalue weighted by Gasteiger charge is 2.22. The molecule has 5 nitrogen and oxygen atoms in total. The first-order valence-electron chi connectivity index (χ1n) is 5.99. The highest BCUT2D eigenvalue weighted by molar-refractivity contribution is 9.10. The second-order valence-corrected chi connectivity index (χ2v) is 4.65. The molecule has 2 aromatic rings. The average molecular weight is 310 g/mol. The summed E-state index contributed by atoms with van der Waals surface area (Å²) in [4.78, 5) is 8.67. The Labute approximate surface area is 115 Å². The molecule has 1 unspecified atom stereocenters. The molecule has 1 N–H and O–H groups in total. The summed E-state index contributed by atoms with van der Waals surface area (Å²) in [6.07, 6.45) is 5.33. The van der Waals surface area contributed by atoms with E-state index in [1.54, 1.807) is 12.4 Å². The number of aryl methyl sites for hydroxylation is 1. The monoisotopic (exact) mass is 309 g/mol. The first-order valence-corrected chi connectivity index (χ1v) is 6.78. The van der Waals surface area contributed by atoms with Crippen LogP contribution >= 0.6 is 15.9 Å². The van der Waals surface area contributed by atoms with E-state index in [0.29, 0.717) is 0 Å². The van der Waals surface area contributed by atoms with Crippen LogP contribution in [0.3, 0.4) is 0 Å². The smallest absolute Gasteiger partial charge is 0.151 e. The summed E-state index contributed by atoms with van der Waals surface area (Å²) in [5.74, 6) is 0.759. The van der Waals surface area contributed by atoms with E-state index in [0.717, 1.165) is 29.1 Å². The number of aromatic nitrogens is 4. The van der Waals surface area contributed by atoms with Gasteiger partial charge in [-0.05, 0) is 35.5 Å². The lowest BCUT2D eigenvalue weighted by atomic mass is 10.2. The molecule has 0 saturated carbocycles. The number of nitrogens with zero attached hydrogens (tertiary/aromatic N) is 4. The van der Waals surface area contributed by atoms with Crippen molar-refractivity contribution in [3.05, 3.63) is 40.6 Å². The van der Waals surface area contributed by atoms with E-state index in [2.05, 4.69) is 50.2 Å². The van der Waals surface area contributed by atoms with Gasteiger partial charge in [0.25, 0.3) is 0 Å². The second-order valence-electron chi connectivity index (χ2n) is 3.79. The normalized spacial score (nSPS) is 12.6. The van der Waals surface area contributed by atoms with Gasteiger partial charge in [-0.1, -0.05) is 6.92 Å². The number of halogens is 1. The van der Waals surface area contributed by atoms with Crippen molar-refractivity contribution in [1.29, 1.82) is 0 Å². The molecule has 0 aliphatic heterocycles. The van der Waals surface area contributed by atoms with Crippen molar-refractivity contribution in [3.63, 3.8) is 0 Å². The molecule has 0 saturated heterocycles. The predicted octanol–water partition coefficient (Wildman–Crippen LogP) is 2.15. The Hall–Kier alpha value is -1.27. The van der Waals surface area contributed by atoms with Gasteiger partial charge in [0.05, 0.1) is 16.4 Å². The first-order chi connectivity index (χ1) is 8.77. The number of hydrogen-bond acceptors (Lipinski definition) is 4. The Morgan fingerprint density at radius 3 is 2.67 bits per heavy atom. The van der Waals surface area contributed by atoms with Crippen molar-refractivity contribution < 1.29 is 0 Å². The minimum absolute atomic E-state index is 0.0481. The van der Waals surface area contributed by atoms with Gasteiger partial charge < -0.3 is 5.32 Å². The third-order valence-electron chi connectivity index (χ3n) is 2.66. The Bertz CT molecular complexity index is 496. The maximum absolute atomic E-state index is 4.34. The summed E-state index contributed by atoms with van der Waals surface area (Å²) in [5.41, 5.74) is 1.06. The Kier molecular flexibility index (Phi) is 4.43. The molecule has 2 aromatic heterocycles. The molecule has 0 spiro atoms. The van der Waals surface area contributed by atoms with Gasteiger partial charge in [-0.15, -0.1) is 0 Å². The van der Waals surface area contributed by atoms with Gasteiger partial charge in [-0.2, -0.15) is 5.10 Å². The van der Waals surface area contributed by atoms with Gasteiger partial charge >= 0.3 is 0 Å². The Morgan fingerprint density at radius 2 is 2.06 bits per heavy atom. The molecule has 0 aliphatic carbocycles. The highest BCUT2D eigenvalue weighted by atomic mass is 79.9. The van der Waals surface area contributed by atoms with Gasteiger partial charge in [0, 0.05) is 18.9 Å². The van der Waals surface area contributed by atoms with Crippen LogP contribution in [0.15, 0.2) is 29.1 Å². The molecule has 0 bridgehead atoms. The van der Waals surface area contributed by atoms with E-state index in [4.69, 9.17) is 0 Å². The van der Waals surface area contributed by atoms with Crippen LogP contribution in [0.25, 0.3) is 0 Å². The summed E-state index contributed by atoms with van der Waals surface area (Å²) >= 11 is 3.55. The lowest BCUT2D eigenvalue weighted by molar-refractivity contribution is 0.523. The molecule has 0 amide bonds. The van der Waals surface area contributed by atoms with Gasteiger partial charge in [-0.25, -0.2) is 9.97 Å². The molecule has 1 atom stereocenters. The summed E-state index contributed by atoms with van der Waals surface area (Å²) in [5, 5.41) is 7.74. The van der Waals surface area contributed by atoms with Crippen LogP contribution in [0.2, 0.25) is 0 Å². The second kappa shape index (κ2) is 6.06. The van der Waals surface area contributed by atoms with E-state index in [1.165, 1.54) is 0 Å². The standard InChI is InChI=1S/C12H16BrN5/c1-3-14-10(12-15-6-5-7-16-12)11-9(13)8-17-18(11)4-2/h5-8,10,14H,3-4H2,1-2H3. The van der Waals surface area contributed by atoms with E-state index < -0.39 is 0 Å². The fourth-order valence-electron chi connectivity index (χ4n) is 1.88. The van der Waals surface area contributed by atoms with Crippen molar-refractivity contribution in [2.24, 2.45) is 0 Å². The molecular weight excluding hydrogens is 294 g/mol. The third-order valence-corrected chi connectivity index (χ3v) is 3.27. The minimum atomic E-state index is -0.0481. The quantitative estimate of drug-likeness (QED) is 0.919. The predicted molar refractivity (Wildman–Crippen MR) is 73.2 cm³/mol. The Balaban J connectivity index is 2.44. The topological polar surface area (TPSA) is 55.6 Å². The lowest BCUT2D eigenvalue weighted by Gasteiger charge is -2.18. The minimum Gasteiger partial charge on any atom is -0.303 e. The zero-order chi connectivity index (χ0) is 13.0. The maximum atomic E-state index is 4.34. The van der Waals surface area contributed by atoms with E-state index in [1.807, 2.05) is 16.9 Å². The highest BCUT2D eigenvalue weighted by Crippen LogP contribution is 2.26. The fraction of sp³-hybridized carbons (Fsp3) is 0.417. The Morgan fingerprint density at radius 1 is 1.33 bits per heavy atom. The van der Waals surface area contributed by atoms with Crippen LogP contribution < -0.4 is 5.32 Å². The summed E-state index contributed by atoms with van der Waals surface area (Å²) in [6, 6.07) is 1.77. The van der Waals surface area contributed by atoms with Crippen LogP contribution in [0.5, 0.6) is 0 Å². The summed E-state index contributed by atoms with van der Waals surface area (Å²) in [6.45, 7) is 5.79. The molecule has 0 aliphatic rings. The number of nitrogens with one attached hydrogen (secondary N) is 1. The van der Waals surface area contributed by atoms with Crippen molar-refractivity contribution in [3.8, 4) is 0 Å². The SMILES string of the molecule is CCNC(c1ncccn1)c1c(Br)cnn1CC. The van der Waals surface area contributed by atoms with Gasteiger partial charge in [0.1, 0.15) is 6.04 Å². The van der Waals surface area contributed by atoms with Crippen molar-refractivity contribution >= 4 is 15.9 Å². The zero-order valence-corrected chi connectivity index (χ0v) is 12.1. The zero-order valence-electron chi connectivity index (χ0n) is 10.5. The fourth-order valence-corrected chi connectivity index (χ4v) is 2.41. The van der Waals surface area contributed by atoms with Crippen molar-refractivity contribution in [2.75, 3.05) is 6.54 Å². The van der Waals surface area contributed by atoms with Crippen LogP contribution in [0.4, 0.5) is 0 Å². The van der Waals surface area contributed by atoms with Crippen LogP contribution in [0, 0.1) is 0 Å². The number of hydrogen-bond donors (Lipinski definition) is 1. The van der Waals surface area contributed by atoms with Crippen LogP contribution in [-0.4, -0.2) is 26.3 Å². The molecule has 0 aromatic carbocycles. The largest absolute Gasteiger partial charge is 0.303 e. The molecular formula is C12H16BrN5. The van der Waals surface area contributed by atoms with Crippen LogP contribution in [-0.2, 0) is 6.54 Å². The molecule has 6 heteroatoms. The molecule has 2 heterocycles. The number of rotatable bonds is 5. The van der Waals surface area contributed by atoms with Crippen molar-refractivity contribution in [1.82, 2.24) is 25.1 Å². The summed E-state index contributed by atoms with van der Waals surface area (Å²) in [7, 11) is 0. The van der Waals surface area contributed by atoms with Gasteiger partial charge in [0.2, 0.25) is 0 Å². The van der Waals surface area contributed by atoms with E-state index in [9.17, 15) is 0 Å². The lowest BCUT2D eigenvalue weighted by Crippen LogP contribution is -2.26. The van der Waals surface area contributed by atoms with Gasteiger partial charge in [0.15, 0.2) is 5.82 Å². The average Bonchev–Trinajstić information content (AvgIpc) is 2.78. The van der Waals surface area contributed by atoms with E-state index >= 15 is 0 Å². The molecule has 18 heavy (non-hydrogen) atoms. The van der Waals surface area contributed by atoms with E-state index in [-0.39, 0.29) is 6.04 Å². The summed E-state index contributed by atoms with van der Waals surface area (Å²) < 4.78 is 2.93. The van der Waals surface area contributed by atoms with Crippen LogP contribution in [0.1, 0.15) is 31.4 Å². The third kappa shape index (κ3) is 2.59. The molecule has 2 rings (SSSR count). The first kappa shape index (κ1) is 13.2. The molecule has 0 radical (unpaired) electrons.